The van der Waals surface area contributed by atoms with Crippen LogP contribution >= 0.6 is 0 Å². The van der Waals surface area contributed by atoms with Gasteiger partial charge in [0, 0.05) is 42.8 Å². The van der Waals surface area contributed by atoms with Crippen LogP contribution in [0.1, 0.15) is 54.7 Å². The summed E-state index contributed by atoms with van der Waals surface area (Å²) in [7, 11) is 0. The van der Waals surface area contributed by atoms with Crippen molar-refractivity contribution in [1.29, 1.82) is 0 Å². The van der Waals surface area contributed by atoms with E-state index in [-0.39, 0.29) is 6.04 Å². The summed E-state index contributed by atoms with van der Waals surface area (Å²) in [6.07, 6.45) is 3.50. The summed E-state index contributed by atoms with van der Waals surface area (Å²) in [5.74, 6) is 1.78. The van der Waals surface area contributed by atoms with Crippen LogP contribution in [-0.4, -0.2) is 33.9 Å². The van der Waals surface area contributed by atoms with Gasteiger partial charge in [-0.2, -0.15) is 5.10 Å². The monoisotopic (exact) mass is 421 g/mol. The molecule has 1 amide bonds. The Bertz CT molecular complexity index is 1060. The molecule has 0 saturated carbocycles. The van der Waals surface area contributed by atoms with E-state index in [1.807, 2.05) is 22.9 Å². The lowest BCUT2D eigenvalue weighted by Gasteiger charge is -2.24. The number of hydrogen-bond acceptors (Lipinski definition) is 6. The van der Waals surface area contributed by atoms with Crippen LogP contribution in [0, 0.1) is 0 Å². The van der Waals surface area contributed by atoms with Crippen molar-refractivity contribution in [3.63, 3.8) is 0 Å². The van der Waals surface area contributed by atoms with Crippen LogP contribution < -0.4 is 15.8 Å². The van der Waals surface area contributed by atoms with Gasteiger partial charge in [0.1, 0.15) is 11.6 Å². The number of pyridine rings is 1. The summed E-state index contributed by atoms with van der Waals surface area (Å²) in [6.45, 7) is 5.70. The van der Waals surface area contributed by atoms with Gasteiger partial charge >= 0.3 is 0 Å². The second kappa shape index (κ2) is 9.18. The van der Waals surface area contributed by atoms with E-state index < -0.39 is 5.91 Å². The Balaban J connectivity index is 1.56. The molecule has 0 atom stereocenters. The Labute approximate surface area is 181 Å². The third kappa shape index (κ3) is 5.03. The number of benzene rings is 1. The molecule has 1 saturated heterocycles. The molecule has 4 rings (SSSR count). The molecule has 0 bridgehead atoms. The van der Waals surface area contributed by atoms with Gasteiger partial charge < -0.3 is 20.5 Å². The highest BCUT2D eigenvalue weighted by Crippen LogP contribution is 2.32. The number of aromatic nitrogens is 3. The van der Waals surface area contributed by atoms with Crippen LogP contribution in [0.5, 0.6) is 11.6 Å². The zero-order valence-electron chi connectivity index (χ0n) is 17.7. The maximum atomic E-state index is 11.4. The minimum atomic E-state index is -0.476. The van der Waals surface area contributed by atoms with Gasteiger partial charge in [0.15, 0.2) is 0 Å². The van der Waals surface area contributed by atoms with Gasteiger partial charge in [-0.15, -0.1) is 0 Å². The molecular weight excluding hydrogens is 394 g/mol. The van der Waals surface area contributed by atoms with Gasteiger partial charge in [-0.25, -0.2) is 9.67 Å². The Hall–Kier alpha value is -3.39. The second-order valence-corrected chi connectivity index (χ2v) is 7.90. The number of primary amides is 1. The summed E-state index contributed by atoms with van der Waals surface area (Å²) in [4.78, 5) is 15.8. The van der Waals surface area contributed by atoms with E-state index in [4.69, 9.17) is 20.3 Å². The molecular formula is C23H27N5O3. The highest BCUT2D eigenvalue weighted by Gasteiger charge is 2.22. The molecule has 0 aliphatic carbocycles. The molecule has 1 aliphatic heterocycles. The predicted molar refractivity (Wildman–Crippen MR) is 118 cm³/mol. The van der Waals surface area contributed by atoms with Gasteiger partial charge in [-0.05, 0) is 43.0 Å². The maximum Gasteiger partial charge on any atom is 0.248 e. The standard InChI is InChI=1S/C23H27N5O3/c1-15(2)20-14-22(28(27-20)18-7-10-30-11-8-18)31-19-6-9-25-21(13-19)26-17-5-3-4-16(12-17)23(24)29/h3-6,9,12-15,18H,7-8,10-11H2,1-2H3,(H2,24,29)(H,25,26). The molecule has 162 valence electrons. The third-order valence-corrected chi connectivity index (χ3v) is 5.22. The van der Waals surface area contributed by atoms with Crippen molar-refractivity contribution in [2.75, 3.05) is 18.5 Å². The van der Waals surface area contributed by atoms with Crippen molar-refractivity contribution in [2.24, 2.45) is 5.73 Å². The Kier molecular flexibility index (Phi) is 6.18. The summed E-state index contributed by atoms with van der Waals surface area (Å²) < 4.78 is 13.7. The van der Waals surface area contributed by atoms with Crippen LogP contribution in [-0.2, 0) is 4.74 Å². The van der Waals surface area contributed by atoms with Crippen LogP contribution in [0.2, 0.25) is 0 Å². The number of rotatable bonds is 7. The van der Waals surface area contributed by atoms with Crippen LogP contribution in [0.4, 0.5) is 11.5 Å². The largest absolute Gasteiger partial charge is 0.439 e. The van der Waals surface area contributed by atoms with E-state index in [9.17, 15) is 4.79 Å². The minimum absolute atomic E-state index is 0.257. The smallest absolute Gasteiger partial charge is 0.248 e. The topological polar surface area (TPSA) is 104 Å². The quantitative estimate of drug-likeness (QED) is 0.586. The van der Waals surface area contributed by atoms with Crippen LogP contribution in [0.3, 0.4) is 0 Å². The molecule has 3 N–H and O–H groups in total. The first-order valence-electron chi connectivity index (χ1n) is 10.5. The third-order valence-electron chi connectivity index (χ3n) is 5.22. The molecule has 3 heterocycles. The summed E-state index contributed by atoms with van der Waals surface area (Å²) in [6, 6.07) is 12.8. The van der Waals surface area contributed by atoms with E-state index >= 15 is 0 Å². The molecule has 1 fully saturated rings. The van der Waals surface area contributed by atoms with Crippen molar-refractivity contribution in [1.82, 2.24) is 14.8 Å². The van der Waals surface area contributed by atoms with Crippen molar-refractivity contribution < 1.29 is 14.3 Å². The lowest BCUT2D eigenvalue weighted by atomic mass is 10.1. The van der Waals surface area contributed by atoms with E-state index in [1.54, 1.807) is 30.5 Å². The number of carbonyl (C=O) groups is 1. The van der Waals surface area contributed by atoms with Gasteiger partial charge in [-0.3, -0.25) is 4.79 Å². The lowest BCUT2D eigenvalue weighted by Crippen LogP contribution is -2.21. The highest BCUT2D eigenvalue weighted by molar-refractivity contribution is 5.93. The second-order valence-electron chi connectivity index (χ2n) is 7.90. The van der Waals surface area contributed by atoms with Gasteiger partial charge in [0.25, 0.3) is 0 Å². The van der Waals surface area contributed by atoms with Gasteiger partial charge in [0.2, 0.25) is 11.8 Å². The molecule has 0 unspecified atom stereocenters. The van der Waals surface area contributed by atoms with E-state index in [2.05, 4.69) is 24.1 Å². The van der Waals surface area contributed by atoms with Crippen molar-refractivity contribution in [3.8, 4) is 11.6 Å². The van der Waals surface area contributed by atoms with Gasteiger partial charge in [0.05, 0.1) is 11.7 Å². The van der Waals surface area contributed by atoms with Gasteiger partial charge in [-0.1, -0.05) is 19.9 Å². The molecule has 8 heteroatoms. The molecule has 1 aromatic carbocycles. The molecule has 0 radical (unpaired) electrons. The first-order chi connectivity index (χ1) is 15.0. The fourth-order valence-electron chi connectivity index (χ4n) is 3.51. The predicted octanol–water partition coefficient (Wildman–Crippen LogP) is 4.39. The number of anilines is 2. The maximum absolute atomic E-state index is 11.4. The molecule has 0 spiro atoms. The zero-order valence-corrected chi connectivity index (χ0v) is 17.7. The molecule has 3 aromatic rings. The molecule has 1 aliphatic rings. The lowest BCUT2D eigenvalue weighted by molar-refractivity contribution is 0.0641. The fourth-order valence-corrected chi connectivity index (χ4v) is 3.51. The van der Waals surface area contributed by atoms with Crippen molar-refractivity contribution in [3.05, 3.63) is 59.9 Å². The zero-order chi connectivity index (χ0) is 21.8. The number of carbonyl (C=O) groups excluding carboxylic acids is 1. The number of ether oxygens (including phenoxy) is 2. The SMILES string of the molecule is CC(C)c1cc(Oc2ccnc(Nc3cccc(C(N)=O)c3)c2)n(C2CCOCC2)n1. The number of nitrogens with two attached hydrogens (primary N) is 1. The summed E-state index contributed by atoms with van der Waals surface area (Å²) in [5.41, 5.74) is 7.51. The van der Waals surface area contributed by atoms with Crippen molar-refractivity contribution >= 4 is 17.4 Å². The number of nitrogens with one attached hydrogen (secondary N) is 1. The average molecular weight is 422 g/mol. The van der Waals surface area contributed by atoms with Crippen molar-refractivity contribution in [2.45, 2.75) is 38.6 Å². The highest BCUT2D eigenvalue weighted by atomic mass is 16.5. The Morgan fingerprint density at radius 3 is 2.77 bits per heavy atom. The van der Waals surface area contributed by atoms with E-state index in [0.29, 0.717) is 28.9 Å². The van der Waals surface area contributed by atoms with Crippen LogP contribution in [0.25, 0.3) is 0 Å². The first kappa shape index (κ1) is 20.9. The number of hydrogen-bond donors (Lipinski definition) is 2. The number of nitrogens with zero attached hydrogens (tertiary/aromatic N) is 3. The molecule has 31 heavy (non-hydrogen) atoms. The Morgan fingerprint density at radius 2 is 2.03 bits per heavy atom. The normalized spacial score (nSPS) is 14.5. The summed E-state index contributed by atoms with van der Waals surface area (Å²) >= 11 is 0. The Morgan fingerprint density at radius 1 is 1.23 bits per heavy atom. The first-order valence-corrected chi connectivity index (χ1v) is 10.5. The van der Waals surface area contributed by atoms with E-state index in [0.717, 1.165) is 37.4 Å². The van der Waals surface area contributed by atoms with E-state index in [1.165, 1.54) is 0 Å². The molecule has 8 nitrogen and oxygen atoms in total. The number of amides is 1. The average Bonchev–Trinajstić information content (AvgIpc) is 3.19. The molecule has 2 aromatic heterocycles. The van der Waals surface area contributed by atoms with Crippen LogP contribution in [0.15, 0.2) is 48.7 Å². The summed E-state index contributed by atoms with van der Waals surface area (Å²) in [5, 5.41) is 8.00. The minimum Gasteiger partial charge on any atom is -0.439 e. The fraction of sp³-hybridized carbons (Fsp3) is 0.348.